The molecule has 1 aliphatic heterocycles. The lowest BCUT2D eigenvalue weighted by Crippen LogP contribution is -2.39. The van der Waals surface area contributed by atoms with Crippen LogP contribution in [0, 0.1) is 0 Å². The van der Waals surface area contributed by atoms with Gasteiger partial charge < -0.3 is 10.2 Å². The monoisotopic (exact) mass is 323 g/mol. The average molecular weight is 323 g/mol. The predicted molar refractivity (Wildman–Crippen MR) is 98.3 cm³/mol. The van der Waals surface area contributed by atoms with E-state index in [2.05, 4.69) is 22.1 Å². The fourth-order valence-electron chi connectivity index (χ4n) is 3.34. The van der Waals surface area contributed by atoms with Crippen molar-refractivity contribution in [1.29, 1.82) is 0 Å². The van der Waals surface area contributed by atoms with Crippen LogP contribution in [-0.4, -0.2) is 23.5 Å². The Labute approximate surface area is 143 Å². The molecule has 0 spiro atoms. The minimum Gasteiger partial charge on any atom is -0.354 e. The third kappa shape index (κ3) is 4.13. The summed E-state index contributed by atoms with van der Waals surface area (Å²) in [6.07, 6.45) is 7.08. The Kier molecular flexibility index (Phi) is 5.47. The number of benzene rings is 1. The van der Waals surface area contributed by atoms with Crippen LogP contribution in [0.2, 0.25) is 0 Å². The van der Waals surface area contributed by atoms with Crippen LogP contribution in [0.15, 0.2) is 48.7 Å². The molecule has 1 aliphatic rings. The largest absolute Gasteiger partial charge is 0.354 e. The first-order valence-electron chi connectivity index (χ1n) is 8.82. The minimum absolute atomic E-state index is 0.0137. The van der Waals surface area contributed by atoms with Gasteiger partial charge in [-0.1, -0.05) is 37.3 Å². The zero-order valence-electron chi connectivity index (χ0n) is 14.2. The third-order valence-electron chi connectivity index (χ3n) is 4.63. The van der Waals surface area contributed by atoms with E-state index in [4.69, 9.17) is 0 Å². The van der Waals surface area contributed by atoms with Crippen molar-refractivity contribution in [3.8, 4) is 0 Å². The molecule has 0 aliphatic carbocycles. The van der Waals surface area contributed by atoms with Gasteiger partial charge in [-0.2, -0.15) is 0 Å². The highest BCUT2D eigenvalue weighted by molar-refractivity contribution is 5.92. The van der Waals surface area contributed by atoms with E-state index in [-0.39, 0.29) is 5.91 Å². The van der Waals surface area contributed by atoms with Crippen molar-refractivity contribution < 1.29 is 4.79 Å². The van der Waals surface area contributed by atoms with Crippen LogP contribution >= 0.6 is 0 Å². The molecule has 126 valence electrons. The Hall–Kier alpha value is -2.36. The molecule has 3 rings (SSSR count). The summed E-state index contributed by atoms with van der Waals surface area (Å²) >= 11 is 0. The van der Waals surface area contributed by atoms with Crippen molar-refractivity contribution in [2.24, 2.45) is 0 Å². The summed E-state index contributed by atoms with van der Waals surface area (Å²) in [6.45, 7) is 3.31. The summed E-state index contributed by atoms with van der Waals surface area (Å²) in [7, 11) is 0. The maximum atomic E-state index is 12.1. The molecule has 2 heterocycles. The molecule has 1 amide bonds. The molecule has 1 atom stereocenters. The van der Waals surface area contributed by atoms with E-state index in [1.54, 1.807) is 6.20 Å². The summed E-state index contributed by atoms with van der Waals surface area (Å²) < 4.78 is 0. The molecule has 1 aromatic heterocycles. The maximum Gasteiger partial charge on any atom is 0.228 e. The SMILES string of the molecule is CCC1CCCCN1c1ccc(NC(=O)Cc2ccccc2)cn1. The van der Waals surface area contributed by atoms with Crippen LogP contribution in [0.25, 0.3) is 0 Å². The van der Waals surface area contributed by atoms with Gasteiger partial charge in [-0.15, -0.1) is 0 Å². The summed E-state index contributed by atoms with van der Waals surface area (Å²) in [4.78, 5) is 19.1. The van der Waals surface area contributed by atoms with E-state index in [1.165, 1.54) is 19.3 Å². The fraction of sp³-hybridized carbons (Fsp3) is 0.400. The molecular formula is C20H25N3O. The minimum atomic E-state index is -0.0137. The predicted octanol–water partition coefficient (Wildman–Crippen LogP) is 4.03. The van der Waals surface area contributed by atoms with E-state index < -0.39 is 0 Å². The van der Waals surface area contributed by atoms with Gasteiger partial charge in [0.1, 0.15) is 5.82 Å². The van der Waals surface area contributed by atoms with Crippen molar-refractivity contribution >= 4 is 17.4 Å². The topological polar surface area (TPSA) is 45.2 Å². The second-order valence-corrected chi connectivity index (χ2v) is 6.37. The fourth-order valence-corrected chi connectivity index (χ4v) is 3.34. The highest BCUT2D eigenvalue weighted by Crippen LogP contribution is 2.25. The number of nitrogens with zero attached hydrogens (tertiary/aromatic N) is 2. The van der Waals surface area contributed by atoms with Crippen molar-refractivity contribution in [2.45, 2.75) is 45.1 Å². The van der Waals surface area contributed by atoms with Gasteiger partial charge in [-0.05, 0) is 43.4 Å². The van der Waals surface area contributed by atoms with E-state index in [0.29, 0.717) is 12.5 Å². The van der Waals surface area contributed by atoms with Crippen LogP contribution in [0.4, 0.5) is 11.5 Å². The van der Waals surface area contributed by atoms with Gasteiger partial charge in [-0.25, -0.2) is 4.98 Å². The average Bonchev–Trinajstić information content (AvgIpc) is 2.63. The van der Waals surface area contributed by atoms with E-state index >= 15 is 0 Å². The molecule has 0 saturated carbocycles. The Bertz CT molecular complexity index is 654. The van der Waals surface area contributed by atoms with Crippen molar-refractivity contribution in [3.05, 3.63) is 54.2 Å². The highest BCUT2D eigenvalue weighted by Gasteiger charge is 2.21. The molecule has 1 saturated heterocycles. The highest BCUT2D eigenvalue weighted by atomic mass is 16.1. The first-order chi connectivity index (χ1) is 11.8. The van der Waals surface area contributed by atoms with Crippen molar-refractivity contribution in [2.75, 3.05) is 16.8 Å². The van der Waals surface area contributed by atoms with E-state index in [1.807, 2.05) is 42.5 Å². The van der Waals surface area contributed by atoms with Crippen LogP contribution in [-0.2, 0) is 11.2 Å². The number of carbonyl (C=O) groups excluding carboxylic acids is 1. The van der Waals surface area contributed by atoms with Crippen LogP contribution in [0.5, 0.6) is 0 Å². The lowest BCUT2D eigenvalue weighted by atomic mass is 10.00. The van der Waals surface area contributed by atoms with Gasteiger partial charge in [0.25, 0.3) is 0 Å². The first-order valence-corrected chi connectivity index (χ1v) is 8.82. The smallest absolute Gasteiger partial charge is 0.228 e. The molecule has 0 radical (unpaired) electrons. The number of piperidine rings is 1. The van der Waals surface area contributed by atoms with E-state index in [9.17, 15) is 4.79 Å². The number of hydrogen-bond donors (Lipinski definition) is 1. The normalized spacial score (nSPS) is 17.5. The van der Waals surface area contributed by atoms with Gasteiger partial charge >= 0.3 is 0 Å². The molecule has 4 heteroatoms. The Morgan fingerprint density at radius 3 is 2.75 bits per heavy atom. The molecule has 4 nitrogen and oxygen atoms in total. The molecule has 1 unspecified atom stereocenters. The molecule has 1 aromatic carbocycles. The number of aromatic nitrogens is 1. The Balaban J connectivity index is 1.61. The molecule has 2 aromatic rings. The molecular weight excluding hydrogens is 298 g/mol. The van der Waals surface area contributed by atoms with Crippen LogP contribution in [0.1, 0.15) is 38.2 Å². The lowest BCUT2D eigenvalue weighted by Gasteiger charge is -2.36. The van der Waals surface area contributed by atoms with Crippen LogP contribution in [0.3, 0.4) is 0 Å². The van der Waals surface area contributed by atoms with Gasteiger partial charge in [0.05, 0.1) is 18.3 Å². The second-order valence-electron chi connectivity index (χ2n) is 6.37. The summed E-state index contributed by atoms with van der Waals surface area (Å²) in [6, 6.07) is 14.3. The van der Waals surface area contributed by atoms with Crippen molar-refractivity contribution in [3.63, 3.8) is 0 Å². The standard InChI is InChI=1S/C20H25N3O/c1-2-18-10-6-7-13-23(18)19-12-11-17(15-21-19)22-20(24)14-16-8-4-3-5-9-16/h3-5,8-9,11-12,15,18H,2,6-7,10,13-14H2,1H3,(H,22,24). The van der Waals surface area contributed by atoms with Gasteiger partial charge in [0, 0.05) is 12.6 Å². The van der Waals surface area contributed by atoms with Crippen molar-refractivity contribution in [1.82, 2.24) is 4.98 Å². The van der Waals surface area contributed by atoms with E-state index in [0.717, 1.165) is 30.0 Å². The van der Waals surface area contributed by atoms with Gasteiger partial charge in [0.15, 0.2) is 0 Å². The van der Waals surface area contributed by atoms with Gasteiger partial charge in [0.2, 0.25) is 5.91 Å². The summed E-state index contributed by atoms with van der Waals surface area (Å²) in [5, 5.41) is 2.93. The zero-order valence-corrected chi connectivity index (χ0v) is 14.2. The second kappa shape index (κ2) is 7.95. The summed E-state index contributed by atoms with van der Waals surface area (Å²) in [5.74, 6) is 1.00. The molecule has 1 N–H and O–H groups in total. The van der Waals surface area contributed by atoms with Gasteiger partial charge in [-0.3, -0.25) is 4.79 Å². The third-order valence-corrected chi connectivity index (χ3v) is 4.63. The summed E-state index contributed by atoms with van der Waals surface area (Å²) in [5.41, 5.74) is 1.77. The number of rotatable bonds is 5. The Morgan fingerprint density at radius 1 is 1.21 bits per heavy atom. The zero-order chi connectivity index (χ0) is 16.8. The first kappa shape index (κ1) is 16.5. The molecule has 0 bridgehead atoms. The number of nitrogens with one attached hydrogen (secondary N) is 1. The number of carbonyl (C=O) groups is 1. The number of pyridine rings is 1. The molecule has 1 fully saturated rings. The lowest BCUT2D eigenvalue weighted by molar-refractivity contribution is -0.115. The Morgan fingerprint density at radius 2 is 2.04 bits per heavy atom. The number of anilines is 2. The van der Waals surface area contributed by atoms with Crippen LogP contribution < -0.4 is 10.2 Å². The quantitative estimate of drug-likeness (QED) is 0.903. The number of hydrogen-bond acceptors (Lipinski definition) is 3. The number of amides is 1. The maximum absolute atomic E-state index is 12.1. The molecule has 24 heavy (non-hydrogen) atoms.